The quantitative estimate of drug-likeness (QED) is 0.462. The van der Waals surface area contributed by atoms with E-state index in [9.17, 15) is 10.1 Å². The van der Waals surface area contributed by atoms with Gasteiger partial charge in [0, 0.05) is 12.2 Å². The zero-order valence-electron chi connectivity index (χ0n) is 9.24. The van der Waals surface area contributed by atoms with Crippen LogP contribution in [0, 0.1) is 10.1 Å². The lowest BCUT2D eigenvalue weighted by Crippen LogP contribution is -2.32. The predicted octanol–water partition coefficient (Wildman–Crippen LogP) is 0.0812. The van der Waals surface area contributed by atoms with Crippen LogP contribution in [-0.4, -0.2) is 41.5 Å². The zero-order valence-corrected chi connectivity index (χ0v) is 9.24. The van der Waals surface area contributed by atoms with Gasteiger partial charge in [0.1, 0.15) is 12.2 Å². The van der Waals surface area contributed by atoms with Crippen LogP contribution in [0.25, 0.3) is 0 Å². The highest BCUT2D eigenvalue weighted by atomic mass is 16.7. The molecule has 1 aromatic rings. The van der Waals surface area contributed by atoms with Gasteiger partial charge < -0.3 is 15.5 Å². The predicted molar refractivity (Wildman–Crippen MR) is 63.4 cm³/mol. The molecule has 0 aliphatic rings. The summed E-state index contributed by atoms with van der Waals surface area (Å²) in [7, 11) is 0. The van der Waals surface area contributed by atoms with E-state index in [1.807, 2.05) is 0 Å². The first kappa shape index (κ1) is 13.2. The highest BCUT2D eigenvalue weighted by molar-refractivity contribution is 5.53. The number of anilines is 2. The van der Waals surface area contributed by atoms with Gasteiger partial charge >= 0.3 is 0 Å². The van der Waals surface area contributed by atoms with Crippen molar-refractivity contribution in [3.63, 3.8) is 0 Å². The Kier molecular flexibility index (Phi) is 5.18. The van der Waals surface area contributed by atoms with Crippen LogP contribution in [0.3, 0.4) is 0 Å². The van der Waals surface area contributed by atoms with Gasteiger partial charge in [-0.05, 0) is 24.3 Å². The molecule has 7 heteroatoms. The molecular formula is C10H15N3O4. The number of aliphatic hydroxyl groups is 2. The Labute approximate surface area is 98.4 Å². The Balaban J connectivity index is 2.73. The normalized spacial score (nSPS) is 10.0. The van der Waals surface area contributed by atoms with Gasteiger partial charge in [0.2, 0.25) is 0 Å². The summed E-state index contributed by atoms with van der Waals surface area (Å²) < 4.78 is 0. The smallest absolute Gasteiger partial charge is 0.165 e. The van der Waals surface area contributed by atoms with Crippen molar-refractivity contribution in [2.24, 2.45) is 0 Å². The number of aliphatic hydroxyl groups excluding tert-OH is 2. The first-order valence-electron chi connectivity index (χ1n) is 5.16. The lowest BCUT2D eigenvalue weighted by Gasteiger charge is -2.13. The van der Waals surface area contributed by atoms with Crippen molar-refractivity contribution < 1.29 is 15.2 Å². The van der Waals surface area contributed by atoms with Crippen LogP contribution >= 0.6 is 0 Å². The number of hydrogen-bond acceptors (Lipinski definition) is 5. The van der Waals surface area contributed by atoms with Crippen molar-refractivity contribution in [2.45, 2.75) is 0 Å². The van der Waals surface area contributed by atoms with Gasteiger partial charge in [-0.25, -0.2) is 10.1 Å². The van der Waals surface area contributed by atoms with Crippen molar-refractivity contribution in [1.82, 2.24) is 0 Å². The SMILES string of the molecule is O=[N+]([O-])N(CCO)c1ccc(NCCO)cc1. The molecule has 3 N–H and O–H groups in total. The zero-order chi connectivity index (χ0) is 12.7. The van der Waals surface area contributed by atoms with Gasteiger partial charge in [0.25, 0.3) is 0 Å². The fourth-order valence-electron chi connectivity index (χ4n) is 1.35. The second kappa shape index (κ2) is 6.66. The average Bonchev–Trinajstić information content (AvgIpc) is 2.34. The number of hydrazine groups is 1. The maximum atomic E-state index is 10.7. The highest BCUT2D eigenvalue weighted by Gasteiger charge is 2.15. The molecule has 0 bridgehead atoms. The molecule has 0 aromatic heterocycles. The van der Waals surface area contributed by atoms with E-state index in [-0.39, 0.29) is 19.8 Å². The summed E-state index contributed by atoms with van der Waals surface area (Å²) in [6.07, 6.45) is 0. The van der Waals surface area contributed by atoms with Crippen LogP contribution in [0.4, 0.5) is 11.4 Å². The van der Waals surface area contributed by atoms with Crippen LogP contribution in [0.5, 0.6) is 0 Å². The molecular weight excluding hydrogens is 226 g/mol. The van der Waals surface area contributed by atoms with Crippen LogP contribution in [0.1, 0.15) is 0 Å². The van der Waals surface area contributed by atoms with Crippen molar-refractivity contribution in [3.05, 3.63) is 34.4 Å². The van der Waals surface area contributed by atoms with Crippen molar-refractivity contribution in [2.75, 3.05) is 36.6 Å². The molecule has 0 spiro atoms. The van der Waals surface area contributed by atoms with E-state index >= 15 is 0 Å². The maximum Gasteiger partial charge on any atom is 0.165 e. The monoisotopic (exact) mass is 241 g/mol. The fourth-order valence-corrected chi connectivity index (χ4v) is 1.35. The molecule has 7 nitrogen and oxygen atoms in total. The van der Waals surface area contributed by atoms with E-state index in [0.29, 0.717) is 12.2 Å². The Morgan fingerprint density at radius 3 is 2.35 bits per heavy atom. The molecule has 0 unspecified atom stereocenters. The molecule has 0 fully saturated rings. The Morgan fingerprint density at radius 2 is 1.88 bits per heavy atom. The highest BCUT2D eigenvalue weighted by Crippen LogP contribution is 2.17. The number of rotatable bonds is 7. The van der Waals surface area contributed by atoms with E-state index in [1.165, 1.54) is 0 Å². The Bertz CT molecular complexity index is 355. The number of nitrogens with zero attached hydrogens (tertiary/aromatic N) is 2. The molecule has 17 heavy (non-hydrogen) atoms. The van der Waals surface area contributed by atoms with Crippen LogP contribution in [0.15, 0.2) is 24.3 Å². The molecule has 94 valence electrons. The van der Waals surface area contributed by atoms with Crippen molar-refractivity contribution >= 4 is 11.4 Å². The van der Waals surface area contributed by atoms with Gasteiger partial charge in [0.15, 0.2) is 5.03 Å². The number of hydrogen-bond donors (Lipinski definition) is 3. The molecule has 0 aliphatic heterocycles. The Morgan fingerprint density at radius 1 is 1.24 bits per heavy atom. The fraction of sp³-hybridized carbons (Fsp3) is 0.400. The summed E-state index contributed by atoms with van der Waals surface area (Å²) in [5.74, 6) is 0. The molecule has 1 aromatic carbocycles. The van der Waals surface area contributed by atoms with E-state index < -0.39 is 5.03 Å². The summed E-state index contributed by atoms with van der Waals surface area (Å²) in [5.41, 5.74) is 1.17. The average molecular weight is 241 g/mol. The molecule has 0 amide bonds. The van der Waals surface area contributed by atoms with E-state index in [2.05, 4.69) is 5.32 Å². The molecule has 0 saturated heterocycles. The van der Waals surface area contributed by atoms with Gasteiger partial charge in [-0.1, -0.05) is 5.01 Å². The summed E-state index contributed by atoms with van der Waals surface area (Å²) in [6.45, 7) is 0.101. The first-order chi connectivity index (χ1) is 8.19. The molecule has 0 radical (unpaired) electrons. The van der Waals surface area contributed by atoms with Gasteiger partial charge in [-0.15, -0.1) is 0 Å². The number of nitro groups is 1. The van der Waals surface area contributed by atoms with E-state index in [1.54, 1.807) is 24.3 Å². The van der Waals surface area contributed by atoms with Crippen LogP contribution in [0.2, 0.25) is 0 Å². The molecule has 0 saturated carbocycles. The van der Waals surface area contributed by atoms with E-state index in [4.69, 9.17) is 10.2 Å². The second-order valence-corrected chi connectivity index (χ2v) is 3.28. The van der Waals surface area contributed by atoms with Crippen molar-refractivity contribution in [1.29, 1.82) is 0 Å². The molecule has 0 heterocycles. The third-order valence-electron chi connectivity index (χ3n) is 2.12. The third kappa shape index (κ3) is 3.89. The van der Waals surface area contributed by atoms with E-state index in [0.717, 1.165) is 10.7 Å². The lowest BCUT2D eigenvalue weighted by atomic mass is 10.2. The molecule has 0 atom stereocenters. The van der Waals surface area contributed by atoms with Crippen LogP contribution < -0.4 is 10.3 Å². The minimum Gasteiger partial charge on any atom is -0.395 e. The summed E-state index contributed by atoms with van der Waals surface area (Å²) in [6, 6.07) is 6.52. The summed E-state index contributed by atoms with van der Waals surface area (Å²) in [4.78, 5) is 10.7. The van der Waals surface area contributed by atoms with Gasteiger partial charge in [-0.3, -0.25) is 0 Å². The topological polar surface area (TPSA) is 98.9 Å². The Hall–Kier alpha value is -1.86. The second-order valence-electron chi connectivity index (χ2n) is 3.28. The first-order valence-corrected chi connectivity index (χ1v) is 5.16. The minimum atomic E-state index is -0.563. The van der Waals surface area contributed by atoms with Gasteiger partial charge in [-0.2, -0.15) is 0 Å². The minimum absolute atomic E-state index is 0.0211. The lowest BCUT2D eigenvalue weighted by molar-refractivity contribution is -0.495. The van der Waals surface area contributed by atoms with Gasteiger partial charge in [0.05, 0.1) is 13.2 Å². The van der Waals surface area contributed by atoms with Crippen LogP contribution in [-0.2, 0) is 0 Å². The largest absolute Gasteiger partial charge is 0.395 e. The third-order valence-corrected chi connectivity index (χ3v) is 2.12. The molecule has 1 rings (SSSR count). The standard InChI is InChI=1S/C10H15N3O4/c14-7-5-11-9-1-3-10(4-2-9)12(6-8-15)13(16)17/h1-4,11,14-15H,5-8H2. The summed E-state index contributed by atoms with van der Waals surface area (Å²) >= 11 is 0. The van der Waals surface area contributed by atoms with Crippen molar-refractivity contribution in [3.8, 4) is 0 Å². The number of nitrogens with one attached hydrogen (secondary N) is 1. The molecule has 0 aliphatic carbocycles. The summed E-state index contributed by atoms with van der Waals surface area (Å²) in [5, 5.41) is 31.3. The maximum absolute atomic E-state index is 10.7. The number of benzene rings is 1.